The number of carbonyl (C=O) groups excluding carboxylic acids is 1. The highest BCUT2D eigenvalue weighted by molar-refractivity contribution is 5.90. The molecule has 0 radical (unpaired) electrons. The molecular weight excluding hydrogens is 350 g/mol. The van der Waals surface area contributed by atoms with E-state index >= 15 is 0 Å². The number of nitrogens with one attached hydrogen (secondary N) is 1. The second-order valence-electron chi connectivity index (χ2n) is 6.85. The molecule has 4 aromatic rings. The lowest BCUT2D eigenvalue weighted by Crippen LogP contribution is -2.14. The molecule has 142 valence electrons. The first-order valence-electron chi connectivity index (χ1n) is 9.47. The van der Waals surface area contributed by atoms with Crippen LogP contribution in [0.4, 0.5) is 5.69 Å². The number of aromatic nitrogens is 4. The summed E-state index contributed by atoms with van der Waals surface area (Å²) < 4.78 is 3.75. The van der Waals surface area contributed by atoms with Gasteiger partial charge in [0.05, 0.1) is 29.6 Å². The number of aryl methyl sites for hydroxylation is 4. The fraction of sp³-hybridized carbons (Fsp3) is 0.227. The van der Waals surface area contributed by atoms with Gasteiger partial charge in [0.15, 0.2) is 0 Å². The molecule has 0 aliphatic rings. The fourth-order valence-corrected chi connectivity index (χ4v) is 3.33. The van der Waals surface area contributed by atoms with Gasteiger partial charge in [-0.1, -0.05) is 48.5 Å². The number of fused-ring (bicyclic) bond motifs is 1. The van der Waals surface area contributed by atoms with Crippen LogP contribution in [0.1, 0.15) is 17.7 Å². The van der Waals surface area contributed by atoms with E-state index in [2.05, 4.69) is 33.7 Å². The van der Waals surface area contributed by atoms with Crippen LogP contribution < -0.4 is 5.32 Å². The second-order valence-corrected chi connectivity index (χ2v) is 6.85. The predicted molar refractivity (Wildman–Crippen MR) is 110 cm³/mol. The number of anilines is 1. The van der Waals surface area contributed by atoms with Crippen molar-refractivity contribution in [3.63, 3.8) is 0 Å². The monoisotopic (exact) mass is 373 g/mol. The van der Waals surface area contributed by atoms with E-state index in [-0.39, 0.29) is 5.91 Å². The van der Waals surface area contributed by atoms with Crippen LogP contribution in [0.5, 0.6) is 0 Å². The van der Waals surface area contributed by atoms with Crippen molar-refractivity contribution in [2.75, 3.05) is 5.32 Å². The van der Waals surface area contributed by atoms with Gasteiger partial charge in [0.25, 0.3) is 0 Å². The average Bonchev–Trinajstić information content (AvgIpc) is 3.30. The third-order valence-corrected chi connectivity index (χ3v) is 4.78. The van der Waals surface area contributed by atoms with Gasteiger partial charge in [-0.05, 0) is 25.0 Å². The summed E-state index contributed by atoms with van der Waals surface area (Å²) in [7, 11) is 0. The van der Waals surface area contributed by atoms with Crippen molar-refractivity contribution in [2.45, 2.75) is 32.9 Å². The lowest BCUT2D eigenvalue weighted by atomic mass is 10.1. The number of hydrogen-bond acceptors (Lipinski definition) is 3. The summed E-state index contributed by atoms with van der Waals surface area (Å²) in [5, 5.41) is 12.9. The summed E-state index contributed by atoms with van der Waals surface area (Å²) in [4.78, 5) is 12.3. The molecule has 0 fully saturated rings. The minimum atomic E-state index is -0.0418. The van der Waals surface area contributed by atoms with E-state index < -0.39 is 0 Å². The van der Waals surface area contributed by atoms with E-state index in [4.69, 9.17) is 0 Å². The molecule has 0 saturated carbocycles. The normalized spacial score (nSPS) is 11.0. The fourth-order valence-electron chi connectivity index (χ4n) is 3.33. The molecule has 0 aliphatic heterocycles. The number of amides is 1. The van der Waals surface area contributed by atoms with Crippen LogP contribution in [0, 0.1) is 6.92 Å². The molecule has 2 aromatic carbocycles. The molecular formula is C22H23N5O. The largest absolute Gasteiger partial charge is 0.323 e. The topological polar surface area (TPSA) is 64.7 Å². The van der Waals surface area contributed by atoms with Crippen LogP contribution in [-0.2, 0) is 24.3 Å². The molecule has 0 bridgehead atoms. The first-order valence-corrected chi connectivity index (χ1v) is 9.47. The lowest BCUT2D eigenvalue weighted by molar-refractivity contribution is -0.116. The SMILES string of the molecule is Cc1nn(CCC(=O)Nc2cnn(CCc3ccccc3)c2)c2ccccc12. The Bertz CT molecular complexity index is 1080. The summed E-state index contributed by atoms with van der Waals surface area (Å²) in [5.41, 5.74) is 4.03. The van der Waals surface area contributed by atoms with Gasteiger partial charge in [-0.2, -0.15) is 10.2 Å². The van der Waals surface area contributed by atoms with Crippen molar-refractivity contribution in [2.24, 2.45) is 0 Å². The quantitative estimate of drug-likeness (QED) is 0.536. The maximum atomic E-state index is 12.3. The zero-order valence-electron chi connectivity index (χ0n) is 15.9. The molecule has 2 aromatic heterocycles. The summed E-state index contributed by atoms with van der Waals surface area (Å²) in [5.74, 6) is -0.0418. The molecule has 2 heterocycles. The minimum absolute atomic E-state index is 0.0418. The third-order valence-electron chi connectivity index (χ3n) is 4.78. The van der Waals surface area contributed by atoms with Gasteiger partial charge >= 0.3 is 0 Å². The molecule has 0 saturated heterocycles. The molecule has 6 nitrogen and oxygen atoms in total. The smallest absolute Gasteiger partial charge is 0.226 e. The van der Waals surface area contributed by atoms with Crippen LogP contribution in [0.3, 0.4) is 0 Å². The van der Waals surface area contributed by atoms with Gasteiger partial charge in [-0.25, -0.2) is 0 Å². The Morgan fingerprint density at radius 2 is 1.82 bits per heavy atom. The molecule has 1 N–H and O–H groups in total. The Morgan fingerprint density at radius 1 is 1.04 bits per heavy atom. The maximum Gasteiger partial charge on any atom is 0.226 e. The highest BCUT2D eigenvalue weighted by Crippen LogP contribution is 2.17. The highest BCUT2D eigenvalue weighted by Gasteiger charge is 2.09. The van der Waals surface area contributed by atoms with Crippen molar-refractivity contribution in [3.8, 4) is 0 Å². The van der Waals surface area contributed by atoms with E-state index in [0.29, 0.717) is 13.0 Å². The minimum Gasteiger partial charge on any atom is -0.323 e. The Morgan fingerprint density at radius 3 is 2.68 bits per heavy atom. The number of hydrogen-bond donors (Lipinski definition) is 1. The number of nitrogens with zero attached hydrogens (tertiary/aromatic N) is 4. The zero-order chi connectivity index (χ0) is 19.3. The standard InChI is InChI=1S/C22H23N5O/c1-17-20-9-5-6-10-21(20)27(25-17)14-12-22(28)24-19-15-23-26(16-19)13-11-18-7-3-2-4-8-18/h2-10,15-16H,11-14H2,1H3,(H,24,28). The van der Waals surface area contributed by atoms with Crippen molar-refractivity contribution in [1.82, 2.24) is 19.6 Å². The van der Waals surface area contributed by atoms with Gasteiger partial charge in [-0.15, -0.1) is 0 Å². The van der Waals surface area contributed by atoms with Crippen LogP contribution in [0.25, 0.3) is 10.9 Å². The van der Waals surface area contributed by atoms with E-state index in [1.807, 2.05) is 58.9 Å². The number of benzene rings is 2. The Hall–Kier alpha value is -3.41. The highest BCUT2D eigenvalue weighted by atomic mass is 16.1. The van der Waals surface area contributed by atoms with E-state index in [1.54, 1.807) is 6.20 Å². The van der Waals surface area contributed by atoms with Crippen LogP contribution >= 0.6 is 0 Å². The average molecular weight is 373 g/mol. The first kappa shape index (κ1) is 18.0. The molecule has 4 rings (SSSR count). The summed E-state index contributed by atoms with van der Waals surface area (Å²) in [6, 6.07) is 18.4. The molecule has 0 aliphatic carbocycles. The first-order chi connectivity index (χ1) is 13.7. The maximum absolute atomic E-state index is 12.3. The molecule has 28 heavy (non-hydrogen) atoms. The van der Waals surface area contributed by atoms with Gasteiger partial charge < -0.3 is 5.32 Å². The lowest BCUT2D eigenvalue weighted by Gasteiger charge is -2.05. The van der Waals surface area contributed by atoms with Crippen LogP contribution in [0.2, 0.25) is 0 Å². The molecule has 0 spiro atoms. The van der Waals surface area contributed by atoms with Gasteiger partial charge in [-0.3, -0.25) is 14.2 Å². The summed E-state index contributed by atoms with van der Waals surface area (Å²) in [6.07, 6.45) is 4.83. The predicted octanol–water partition coefficient (Wildman–Crippen LogP) is 3.81. The number of para-hydroxylation sites is 1. The molecule has 0 unspecified atom stereocenters. The zero-order valence-corrected chi connectivity index (χ0v) is 15.9. The van der Waals surface area contributed by atoms with E-state index in [1.165, 1.54) is 5.56 Å². The number of rotatable bonds is 7. The summed E-state index contributed by atoms with van der Waals surface area (Å²) in [6.45, 7) is 3.31. The Kier molecular flexibility index (Phi) is 5.19. The van der Waals surface area contributed by atoms with Crippen LogP contribution in [-0.4, -0.2) is 25.5 Å². The Balaban J connectivity index is 1.31. The molecule has 1 amide bonds. The van der Waals surface area contributed by atoms with Gasteiger partial charge in [0.1, 0.15) is 0 Å². The van der Waals surface area contributed by atoms with Crippen molar-refractivity contribution in [1.29, 1.82) is 0 Å². The van der Waals surface area contributed by atoms with E-state index in [0.717, 1.165) is 35.2 Å². The Labute approximate surface area is 163 Å². The third kappa shape index (κ3) is 4.11. The van der Waals surface area contributed by atoms with Crippen molar-refractivity contribution >= 4 is 22.5 Å². The van der Waals surface area contributed by atoms with E-state index in [9.17, 15) is 4.79 Å². The van der Waals surface area contributed by atoms with Gasteiger partial charge in [0, 0.05) is 24.5 Å². The van der Waals surface area contributed by atoms with Crippen molar-refractivity contribution < 1.29 is 4.79 Å². The van der Waals surface area contributed by atoms with Gasteiger partial charge in [0.2, 0.25) is 5.91 Å². The second kappa shape index (κ2) is 8.08. The molecule has 0 atom stereocenters. The van der Waals surface area contributed by atoms with Crippen molar-refractivity contribution in [3.05, 3.63) is 78.2 Å². The van der Waals surface area contributed by atoms with Crippen LogP contribution in [0.15, 0.2) is 67.0 Å². The molecule has 6 heteroatoms. The number of carbonyl (C=O) groups is 1. The summed E-state index contributed by atoms with van der Waals surface area (Å²) >= 11 is 0.